The second-order valence-corrected chi connectivity index (χ2v) is 3.83. The highest BCUT2D eigenvalue weighted by molar-refractivity contribution is 5.81. The van der Waals surface area contributed by atoms with Crippen LogP contribution in [0.3, 0.4) is 0 Å². The molecule has 0 radical (unpaired) electrons. The minimum absolute atomic E-state index is 0. The molecule has 1 aliphatic carbocycles. The van der Waals surface area contributed by atoms with E-state index >= 15 is 0 Å². The Bertz CT molecular complexity index is 550. The third kappa shape index (κ3) is 1.33. The average molecular weight is 215 g/mol. The summed E-state index contributed by atoms with van der Waals surface area (Å²) in [6, 6.07) is 10.8. The van der Waals surface area contributed by atoms with Gasteiger partial charge in [-0.3, -0.25) is 0 Å². The molecule has 0 aromatic heterocycles. The maximum Gasteiger partial charge on any atom is 0.123 e. The average Bonchev–Trinajstić information content (AvgIpc) is 2.56. The number of hydrogen-bond donors (Lipinski definition) is 3. The molecule has 0 aliphatic heterocycles. The Morgan fingerprint density at radius 2 is 1.75 bits per heavy atom. The largest absolute Gasteiger partial charge is 0.508 e. The van der Waals surface area contributed by atoms with E-state index in [1.54, 1.807) is 18.2 Å². The van der Waals surface area contributed by atoms with Crippen LogP contribution >= 0.6 is 0 Å². The summed E-state index contributed by atoms with van der Waals surface area (Å²) >= 11 is 0. The van der Waals surface area contributed by atoms with Crippen molar-refractivity contribution in [2.45, 2.75) is 6.42 Å². The fraction of sp³-hybridized carbons (Fsp3) is 0.0769. The van der Waals surface area contributed by atoms with E-state index in [1.807, 2.05) is 18.2 Å². The molecule has 3 rings (SSSR count). The summed E-state index contributed by atoms with van der Waals surface area (Å²) in [5.41, 5.74) is 4.13. The molecule has 0 heterocycles. The highest BCUT2D eigenvalue weighted by Gasteiger charge is 2.21. The fourth-order valence-electron chi connectivity index (χ4n) is 2.22. The van der Waals surface area contributed by atoms with Crippen LogP contribution in [0, 0.1) is 0 Å². The van der Waals surface area contributed by atoms with Gasteiger partial charge in [-0.1, -0.05) is 18.2 Å². The molecule has 3 nitrogen and oxygen atoms in total. The summed E-state index contributed by atoms with van der Waals surface area (Å²) in [6.45, 7) is 0. The van der Waals surface area contributed by atoms with Crippen LogP contribution in [-0.4, -0.2) is 10.2 Å². The van der Waals surface area contributed by atoms with Crippen LogP contribution in [0.4, 0.5) is 0 Å². The van der Waals surface area contributed by atoms with Gasteiger partial charge in [0.15, 0.2) is 0 Å². The molecule has 0 atom stereocenters. The minimum Gasteiger partial charge on any atom is -0.508 e. The van der Waals surface area contributed by atoms with Crippen molar-refractivity contribution >= 4 is 0 Å². The van der Waals surface area contributed by atoms with Crippen LogP contribution in [0.15, 0.2) is 36.4 Å². The SMILES string of the molecule is N.Oc1ccc2c(c1)Cc1cccc(O)c1-2. The van der Waals surface area contributed by atoms with Crippen LogP contribution in [0.25, 0.3) is 11.1 Å². The van der Waals surface area contributed by atoms with Gasteiger partial charge in [0.2, 0.25) is 0 Å². The van der Waals surface area contributed by atoms with Crippen molar-refractivity contribution in [2.24, 2.45) is 0 Å². The van der Waals surface area contributed by atoms with Crippen LogP contribution in [-0.2, 0) is 6.42 Å². The molecule has 0 spiro atoms. The van der Waals surface area contributed by atoms with E-state index in [-0.39, 0.29) is 11.9 Å². The molecule has 0 fully saturated rings. The first-order valence-electron chi connectivity index (χ1n) is 4.89. The number of rotatable bonds is 0. The molecule has 0 amide bonds. The summed E-state index contributed by atoms with van der Waals surface area (Å²) in [5.74, 6) is 0.595. The van der Waals surface area contributed by atoms with Gasteiger partial charge >= 0.3 is 0 Å². The summed E-state index contributed by atoms with van der Waals surface area (Å²) in [4.78, 5) is 0. The maximum absolute atomic E-state index is 9.78. The molecule has 2 aromatic rings. The van der Waals surface area contributed by atoms with Crippen LogP contribution in [0.1, 0.15) is 11.1 Å². The molecule has 5 N–H and O–H groups in total. The van der Waals surface area contributed by atoms with Crippen molar-refractivity contribution in [3.8, 4) is 22.6 Å². The number of fused-ring (bicyclic) bond motifs is 3. The Morgan fingerprint density at radius 1 is 0.938 bits per heavy atom. The zero-order valence-electron chi connectivity index (χ0n) is 8.77. The summed E-state index contributed by atoms with van der Waals surface area (Å²) in [7, 11) is 0. The van der Waals surface area contributed by atoms with E-state index in [2.05, 4.69) is 0 Å². The number of phenols is 2. The highest BCUT2D eigenvalue weighted by atomic mass is 16.3. The molecular weight excluding hydrogens is 202 g/mol. The van der Waals surface area contributed by atoms with Crippen molar-refractivity contribution in [2.75, 3.05) is 0 Å². The maximum atomic E-state index is 9.78. The van der Waals surface area contributed by atoms with Gasteiger partial charge in [-0.2, -0.15) is 0 Å². The molecule has 16 heavy (non-hydrogen) atoms. The van der Waals surface area contributed by atoms with E-state index < -0.39 is 0 Å². The summed E-state index contributed by atoms with van der Waals surface area (Å²) in [5, 5.41) is 19.2. The first kappa shape index (κ1) is 10.5. The van der Waals surface area contributed by atoms with Gasteiger partial charge in [-0.15, -0.1) is 0 Å². The van der Waals surface area contributed by atoms with Crippen LogP contribution < -0.4 is 6.15 Å². The number of phenolic OH excluding ortho intramolecular Hbond substituents is 2. The van der Waals surface area contributed by atoms with Gasteiger partial charge in [0.05, 0.1) is 0 Å². The third-order valence-corrected chi connectivity index (χ3v) is 2.87. The number of aromatic hydroxyl groups is 2. The zero-order chi connectivity index (χ0) is 10.4. The van der Waals surface area contributed by atoms with Crippen molar-refractivity contribution < 1.29 is 10.2 Å². The Hall–Kier alpha value is -2.00. The summed E-state index contributed by atoms with van der Waals surface area (Å²) in [6.07, 6.45) is 0.785. The monoisotopic (exact) mass is 215 g/mol. The van der Waals surface area contributed by atoms with Gasteiger partial charge < -0.3 is 16.4 Å². The topological polar surface area (TPSA) is 75.5 Å². The molecule has 0 saturated carbocycles. The second-order valence-electron chi connectivity index (χ2n) is 3.83. The van der Waals surface area contributed by atoms with Gasteiger partial charge in [-0.25, -0.2) is 0 Å². The predicted molar refractivity (Wildman–Crippen MR) is 63.0 cm³/mol. The van der Waals surface area contributed by atoms with Crippen LogP contribution in [0.5, 0.6) is 11.5 Å². The Balaban J connectivity index is 0.000000963. The minimum atomic E-state index is 0. The molecule has 0 bridgehead atoms. The van der Waals surface area contributed by atoms with Gasteiger partial charge in [0, 0.05) is 5.56 Å². The van der Waals surface area contributed by atoms with Gasteiger partial charge in [-0.05, 0) is 41.3 Å². The second kappa shape index (κ2) is 3.54. The van der Waals surface area contributed by atoms with Crippen LogP contribution in [0.2, 0.25) is 0 Å². The van der Waals surface area contributed by atoms with Crippen molar-refractivity contribution in [3.63, 3.8) is 0 Å². The van der Waals surface area contributed by atoms with Crippen molar-refractivity contribution in [3.05, 3.63) is 47.5 Å². The smallest absolute Gasteiger partial charge is 0.123 e. The number of hydrogen-bond acceptors (Lipinski definition) is 3. The molecular formula is C13H13NO2. The molecule has 2 aromatic carbocycles. The lowest BCUT2D eigenvalue weighted by molar-refractivity contribution is 0.474. The van der Waals surface area contributed by atoms with E-state index in [9.17, 15) is 10.2 Å². The predicted octanol–water partition coefficient (Wildman–Crippen LogP) is 2.83. The standard InChI is InChI=1S/C13H10O2.H3N/c14-10-4-5-11-9(7-10)6-8-2-1-3-12(15)13(8)11;/h1-5,7,14-15H,6H2;1H3. The number of benzene rings is 2. The molecule has 82 valence electrons. The lowest BCUT2D eigenvalue weighted by Gasteiger charge is -2.03. The molecule has 0 saturated heterocycles. The summed E-state index contributed by atoms with van der Waals surface area (Å²) < 4.78 is 0. The highest BCUT2D eigenvalue weighted by Crippen LogP contribution is 2.42. The van der Waals surface area contributed by atoms with E-state index in [0.29, 0.717) is 5.75 Å². The van der Waals surface area contributed by atoms with E-state index in [1.165, 1.54) is 0 Å². The van der Waals surface area contributed by atoms with Crippen molar-refractivity contribution in [1.29, 1.82) is 0 Å². The lowest BCUT2D eigenvalue weighted by Crippen LogP contribution is -1.78. The van der Waals surface area contributed by atoms with E-state index in [0.717, 1.165) is 28.7 Å². The normalized spacial score (nSPS) is 11.5. The Kier molecular flexibility index (Phi) is 2.33. The van der Waals surface area contributed by atoms with Crippen molar-refractivity contribution in [1.82, 2.24) is 6.15 Å². The van der Waals surface area contributed by atoms with Gasteiger partial charge in [0.1, 0.15) is 11.5 Å². The first-order chi connectivity index (χ1) is 7.25. The first-order valence-corrected chi connectivity index (χ1v) is 4.89. The third-order valence-electron chi connectivity index (χ3n) is 2.87. The molecule has 3 heteroatoms. The lowest BCUT2D eigenvalue weighted by atomic mass is 10.0. The molecule has 1 aliphatic rings. The molecule has 0 unspecified atom stereocenters. The fourth-order valence-corrected chi connectivity index (χ4v) is 2.22. The zero-order valence-corrected chi connectivity index (χ0v) is 8.77. The Morgan fingerprint density at radius 3 is 2.56 bits per heavy atom. The Labute approximate surface area is 93.6 Å². The quantitative estimate of drug-likeness (QED) is 0.539. The van der Waals surface area contributed by atoms with E-state index in [4.69, 9.17) is 0 Å². The van der Waals surface area contributed by atoms with Gasteiger partial charge in [0.25, 0.3) is 0 Å².